The molecule has 0 bridgehead atoms. The van der Waals surface area contributed by atoms with E-state index >= 15 is 0 Å². The van der Waals surface area contributed by atoms with E-state index in [1.54, 1.807) is 0 Å². The molecule has 0 unspecified atom stereocenters. The molecule has 0 aromatic heterocycles. The van der Waals surface area contributed by atoms with Gasteiger partial charge in [-0.1, -0.05) is 0 Å². The summed E-state index contributed by atoms with van der Waals surface area (Å²) in [7, 11) is 0. The first-order valence-corrected chi connectivity index (χ1v) is 2.65. The topological polar surface area (TPSA) is 70.1 Å². The van der Waals surface area contributed by atoms with E-state index in [9.17, 15) is 26.3 Å². The highest BCUT2D eigenvalue weighted by atomic mass is 19.4. The van der Waals surface area contributed by atoms with Crippen molar-refractivity contribution >= 4 is 5.84 Å². The zero-order valence-electron chi connectivity index (χ0n) is 5.79. The smallest absolute Gasteiger partial charge is 0.385 e. The number of aliphatic hydroxyl groups is 1. The quantitative estimate of drug-likeness (QED) is 0.340. The second-order valence-electron chi connectivity index (χ2n) is 2.12. The molecule has 0 amide bonds. The molecule has 0 aliphatic heterocycles. The van der Waals surface area contributed by atoms with Crippen LogP contribution in [0.2, 0.25) is 0 Å². The fourth-order valence-electron chi connectivity index (χ4n) is 0.466. The van der Waals surface area contributed by atoms with Crippen molar-refractivity contribution in [2.45, 2.75) is 18.0 Å². The van der Waals surface area contributed by atoms with Gasteiger partial charge < -0.3 is 10.8 Å². The maximum absolute atomic E-state index is 11.7. The Bertz CT molecular complexity index is 204. The minimum atomic E-state index is -6.06. The number of hydrogen-bond donors (Lipinski definition) is 3. The van der Waals surface area contributed by atoms with Gasteiger partial charge in [-0.25, -0.2) is 0 Å². The molecule has 3 nitrogen and oxygen atoms in total. The zero-order valence-corrected chi connectivity index (χ0v) is 5.79. The molecule has 0 saturated heterocycles. The molecule has 0 saturated carbocycles. The van der Waals surface area contributed by atoms with Crippen LogP contribution in [0.5, 0.6) is 0 Å². The molecule has 9 heteroatoms. The third-order valence-electron chi connectivity index (χ3n) is 1.21. The van der Waals surface area contributed by atoms with Crippen LogP contribution < -0.4 is 5.73 Å². The van der Waals surface area contributed by atoms with Gasteiger partial charge in [0.2, 0.25) is 0 Å². The molecule has 0 atom stereocenters. The lowest BCUT2D eigenvalue weighted by molar-refractivity contribution is -0.338. The van der Waals surface area contributed by atoms with Crippen molar-refractivity contribution in [1.29, 1.82) is 5.41 Å². The Balaban J connectivity index is 5.35. The molecule has 0 heterocycles. The van der Waals surface area contributed by atoms with Crippen molar-refractivity contribution in [3.05, 3.63) is 0 Å². The number of hydrogen-bond acceptors (Lipinski definition) is 2. The number of alkyl halides is 6. The highest BCUT2D eigenvalue weighted by molar-refractivity contribution is 5.87. The van der Waals surface area contributed by atoms with Gasteiger partial charge in [-0.05, 0) is 0 Å². The van der Waals surface area contributed by atoms with Gasteiger partial charge in [0.25, 0.3) is 0 Å². The first kappa shape index (κ1) is 12.0. The van der Waals surface area contributed by atoms with Gasteiger partial charge in [0.1, 0.15) is 5.84 Å². The molecular formula is C4H4F6N2O. The Morgan fingerprint density at radius 1 is 1.00 bits per heavy atom. The monoisotopic (exact) mass is 210 g/mol. The van der Waals surface area contributed by atoms with E-state index in [4.69, 9.17) is 10.5 Å². The highest BCUT2D eigenvalue weighted by Gasteiger charge is 2.73. The van der Waals surface area contributed by atoms with E-state index in [-0.39, 0.29) is 0 Å². The lowest BCUT2D eigenvalue weighted by Gasteiger charge is -2.30. The average Bonchev–Trinajstić information content (AvgIpc) is 1.80. The Morgan fingerprint density at radius 3 is 1.23 bits per heavy atom. The van der Waals surface area contributed by atoms with Gasteiger partial charge in [0, 0.05) is 0 Å². The van der Waals surface area contributed by atoms with Gasteiger partial charge in [-0.15, -0.1) is 0 Å². The molecule has 0 aliphatic rings. The third-order valence-corrected chi connectivity index (χ3v) is 1.21. The normalized spacial score (nSPS) is 14.4. The summed E-state index contributed by atoms with van der Waals surface area (Å²) in [5.74, 6) is -2.41. The van der Waals surface area contributed by atoms with Crippen LogP contribution in [-0.4, -0.2) is 28.9 Å². The maximum atomic E-state index is 11.7. The standard InChI is InChI=1S/C4H4F6N2O/c5-3(6,7)2(13,1(11)12)4(8,9)10/h13H,(H3,11,12). The number of rotatable bonds is 1. The van der Waals surface area contributed by atoms with Crippen LogP contribution in [0.3, 0.4) is 0 Å². The molecule has 0 aromatic carbocycles. The molecule has 0 radical (unpaired) electrons. The number of nitrogens with one attached hydrogen (secondary N) is 1. The minimum absolute atomic E-state index is 2.41. The highest BCUT2D eigenvalue weighted by Crippen LogP contribution is 2.42. The molecular weight excluding hydrogens is 206 g/mol. The van der Waals surface area contributed by atoms with Gasteiger partial charge >= 0.3 is 18.0 Å². The van der Waals surface area contributed by atoms with Crippen LogP contribution >= 0.6 is 0 Å². The van der Waals surface area contributed by atoms with Crippen LogP contribution in [0.4, 0.5) is 26.3 Å². The summed E-state index contributed by atoms with van der Waals surface area (Å²) in [5.41, 5.74) is -1.23. The molecule has 0 spiro atoms. The SMILES string of the molecule is N=C(N)C(O)(C(F)(F)F)C(F)(F)F. The van der Waals surface area contributed by atoms with E-state index in [1.807, 2.05) is 0 Å². The molecule has 4 N–H and O–H groups in total. The summed E-state index contributed by atoms with van der Waals surface area (Å²) in [5, 5.41) is 14.2. The van der Waals surface area contributed by atoms with Crippen molar-refractivity contribution in [1.82, 2.24) is 0 Å². The average molecular weight is 210 g/mol. The number of nitrogens with two attached hydrogens (primary N) is 1. The fourth-order valence-corrected chi connectivity index (χ4v) is 0.466. The molecule has 0 aliphatic carbocycles. The summed E-state index contributed by atoms with van der Waals surface area (Å²) >= 11 is 0. The molecule has 0 fully saturated rings. The Hall–Kier alpha value is -0.990. The van der Waals surface area contributed by atoms with E-state index < -0.39 is 23.8 Å². The predicted octanol–water partition coefficient (Wildman–Crippen LogP) is 0.778. The maximum Gasteiger partial charge on any atom is 0.433 e. The van der Waals surface area contributed by atoms with E-state index in [1.165, 1.54) is 0 Å². The first-order valence-electron chi connectivity index (χ1n) is 2.65. The number of amidine groups is 1. The van der Waals surface area contributed by atoms with Crippen LogP contribution in [0, 0.1) is 5.41 Å². The summed E-state index contributed by atoms with van der Waals surface area (Å²) in [6.07, 6.45) is -12.1. The van der Waals surface area contributed by atoms with Crippen molar-refractivity contribution in [2.75, 3.05) is 0 Å². The lowest BCUT2D eigenvalue weighted by Crippen LogP contribution is -2.64. The lowest BCUT2D eigenvalue weighted by atomic mass is 10.0. The molecule has 0 rings (SSSR count). The fraction of sp³-hybridized carbons (Fsp3) is 0.750. The Labute approximate surface area is 67.6 Å². The molecule has 78 valence electrons. The van der Waals surface area contributed by atoms with Crippen LogP contribution in [0.1, 0.15) is 0 Å². The number of halogens is 6. The van der Waals surface area contributed by atoms with Gasteiger partial charge in [-0.3, -0.25) is 5.41 Å². The summed E-state index contributed by atoms with van der Waals surface area (Å²) in [6, 6.07) is 0. The van der Waals surface area contributed by atoms with Crippen LogP contribution in [0.25, 0.3) is 0 Å². The Morgan fingerprint density at radius 2 is 1.23 bits per heavy atom. The summed E-state index contributed by atoms with van der Waals surface area (Å²) in [6.45, 7) is 0. The third kappa shape index (κ3) is 1.69. The van der Waals surface area contributed by atoms with E-state index in [0.29, 0.717) is 0 Å². The second kappa shape index (κ2) is 2.76. The Kier molecular flexibility index (Phi) is 2.55. The van der Waals surface area contributed by atoms with Crippen LogP contribution in [0.15, 0.2) is 0 Å². The van der Waals surface area contributed by atoms with Gasteiger partial charge in [-0.2, -0.15) is 26.3 Å². The zero-order chi connectivity index (χ0) is 11.1. The van der Waals surface area contributed by atoms with Crippen molar-refractivity contribution in [2.24, 2.45) is 5.73 Å². The van der Waals surface area contributed by atoms with Gasteiger partial charge in [0.05, 0.1) is 0 Å². The summed E-state index contributed by atoms with van der Waals surface area (Å²) in [4.78, 5) is 0. The first-order chi connectivity index (χ1) is 5.44. The van der Waals surface area contributed by atoms with Crippen LogP contribution in [-0.2, 0) is 0 Å². The van der Waals surface area contributed by atoms with Crippen molar-refractivity contribution in [3.63, 3.8) is 0 Å². The largest absolute Gasteiger partial charge is 0.433 e. The van der Waals surface area contributed by atoms with E-state index in [2.05, 4.69) is 5.73 Å². The molecule has 0 aromatic rings. The van der Waals surface area contributed by atoms with Crippen molar-refractivity contribution < 1.29 is 31.4 Å². The minimum Gasteiger partial charge on any atom is -0.385 e. The van der Waals surface area contributed by atoms with E-state index in [0.717, 1.165) is 0 Å². The predicted molar refractivity (Wildman–Crippen MR) is 29.0 cm³/mol. The van der Waals surface area contributed by atoms with Gasteiger partial charge in [0.15, 0.2) is 0 Å². The summed E-state index contributed by atoms with van der Waals surface area (Å²) < 4.78 is 70.0. The molecule has 13 heavy (non-hydrogen) atoms. The second-order valence-corrected chi connectivity index (χ2v) is 2.12. The van der Waals surface area contributed by atoms with Crippen molar-refractivity contribution in [3.8, 4) is 0 Å².